The van der Waals surface area contributed by atoms with Crippen LogP contribution >= 0.6 is 23.5 Å². The quantitative estimate of drug-likeness (QED) is 0.0260. The lowest BCUT2D eigenvalue weighted by atomic mass is 9.95. The second-order valence-electron chi connectivity index (χ2n) is 8.48. The van der Waals surface area contributed by atoms with Gasteiger partial charge in [-0.05, 0) is 57.8 Å². The molecule has 0 amide bonds. The molecule has 0 aliphatic heterocycles. The average molecular weight is 678 g/mol. The van der Waals surface area contributed by atoms with E-state index in [9.17, 15) is 28.4 Å². The number of likely N-dealkylation sites (N-methyl/N-ethyl adjacent to an activating group) is 2. The van der Waals surface area contributed by atoms with Crippen LogP contribution < -0.4 is 10.6 Å². The van der Waals surface area contributed by atoms with E-state index in [1.54, 1.807) is 14.0 Å². The fraction of sp³-hybridized carbons (Fsp3) is 0.895. The first kappa shape index (κ1) is 39.6. The molecule has 20 nitrogen and oxygen atoms in total. The molecular formula is C19H41N2O18P3. The molecule has 0 radical (unpaired) electrons. The first-order chi connectivity index (χ1) is 19.8. The summed E-state index contributed by atoms with van der Waals surface area (Å²) >= 11 is 0. The standard InChI is InChI=1S/C19H41N2O18P3/c1-4-9-29-37-39-38-30-10-11-31-40(23,24)32-14-17(21-3)15-34-42(27,28)36-19-7-5-18(6-8-19)35-41(25,26)33-13-16(12-22)20-2/h4,9,16-22H,5-8,10-15H2,1-3H3,(H,23,24)(H,25,26)(H,27,28)/b9-4+. The Kier molecular flexibility index (Phi) is 20.1. The fourth-order valence-corrected chi connectivity index (χ4v) is 5.84. The topological polar surface area (TPSA) is 258 Å². The highest BCUT2D eigenvalue weighted by atomic mass is 31.2. The van der Waals surface area contributed by atoms with Crippen molar-refractivity contribution in [3.05, 3.63) is 12.3 Å². The van der Waals surface area contributed by atoms with Crippen molar-refractivity contribution >= 4 is 23.5 Å². The molecule has 0 saturated heterocycles. The number of nitrogens with one attached hydrogen (secondary N) is 2. The van der Waals surface area contributed by atoms with Crippen LogP contribution in [-0.2, 0) is 65.7 Å². The third-order valence-corrected chi connectivity index (χ3v) is 8.36. The van der Waals surface area contributed by atoms with Gasteiger partial charge in [-0.3, -0.25) is 27.1 Å². The predicted molar refractivity (Wildman–Crippen MR) is 139 cm³/mol. The van der Waals surface area contributed by atoms with Crippen molar-refractivity contribution < 1.29 is 85.5 Å². The van der Waals surface area contributed by atoms with Gasteiger partial charge in [-0.15, -0.1) is 0 Å². The average Bonchev–Trinajstić information content (AvgIpc) is 2.93. The fourth-order valence-electron chi connectivity index (χ4n) is 3.06. The highest BCUT2D eigenvalue weighted by Crippen LogP contribution is 2.50. The maximum atomic E-state index is 12.4. The monoisotopic (exact) mass is 678 g/mol. The summed E-state index contributed by atoms with van der Waals surface area (Å²) in [6, 6.07) is -1.35. The molecule has 23 heteroatoms. The summed E-state index contributed by atoms with van der Waals surface area (Å²) in [4.78, 5) is 38.5. The van der Waals surface area contributed by atoms with E-state index in [0.29, 0.717) is 0 Å². The van der Waals surface area contributed by atoms with Gasteiger partial charge in [0.15, 0.2) is 0 Å². The molecule has 0 bridgehead atoms. The van der Waals surface area contributed by atoms with E-state index in [-0.39, 0.29) is 45.5 Å². The van der Waals surface area contributed by atoms with Gasteiger partial charge in [-0.1, -0.05) is 0 Å². The molecule has 0 aromatic heterocycles. The maximum Gasteiger partial charge on any atom is 0.472 e. The third kappa shape index (κ3) is 19.1. The Bertz CT molecular complexity index is 888. The van der Waals surface area contributed by atoms with Gasteiger partial charge in [-0.2, -0.15) is 0 Å². The van der Waals surface area contributed by atoms with Gasteiger partial charge in [0, 0.05) is 10.1 Å². The van der Waals surface area contributed by atoms with E-state index in [1.165, 1.54) is 13.1 Å². The molecule has 5 atom stereocenters. The van der Waals surface area contributed by atoms with E-state index in [0.717, 1.165) is 6.26 Å². The lowest BCUT2D eigenvalue weighted by Crippen LogP contribution is -2.34. The van der Waals surface area contributed by atoms with Crippen LogP contribution in [0.15, 0.2) is 12.3 Å². The summed E-state index contributed by atoms with van der Waals surface area (Å²) in [6.45, 7) is -0.548. The van der Waals surface area contributed by atoms with Gasteiger partial charge in [0.25, 0.3) is 0 Å². The van der Waals surface area contributed by atoms with E-state index in [2.05, 4.69) is 40.0 Å². The molecule has 1 saturated carbocycles. The first-order valence-corrected chi connectivity index (χ1v) is 17.1. The minimum absolute atomic E-state index is 0.232. The Morgan fingerprint density at radius 1 is 0.738 bits per heavy atom. The maximum absolute atomic E-state index is 12.4. The van der Waals surface area contributed by atoms with Crippen LogP contribution in [0.4, 0.5) is 0 Å². The van der Waals surface area contributed by atoms with Crippen LogP contribution in [0.5, 0.6) is 0 Å². The number of allylic oxidation sites excluding steroid dienone is 1. The highest BCUT2D eigenvalue weighted by molar-refractivity contribution is 7.47. The molecule has 1 aliphatic carbocycles. The zero-order valence-corrected chi connectivity index (χ0v) is 26.1. The lowest BCUT2D eigenvalue weighted by molar-refractivity contribution is -0.700. The van der Waals surface area contributed by atoms with Gasteiger partial charge in [0.05, 0.1) is 57.3 Å². The number of rotatable bonds is 25. The van der Waals surface area contributed by atoms with Crippen molar-refractivity contribution in [1.82, 2.24) is 10.6 Å². The second-order valence-corrected chi connectivity index (χ2v) is 12.7. The Morgan fingerprint density at radius 2 is 1.24 bits per heavy atom. The molecule has 1 rings (SSSR count). The van der Waals surface area contributed by atoms with E-state index >= 15 is 0 Å². The molecule has 42 heavy (non-hydrogen) atoms. The number of phosphoric acid groups is 3. The van der Waals surface area contributed by atoms with E-state index < -0.39 is 67.6 Å². The van der Waals surface area contributed by atoms with Gasteiger partial charge in [0.1, 0.15) is 12.9 Å². The van der Waals surface area contributed by atoms with Crippen molar-refractivity contribution in [2.45, 2.75) is 56.9 Å². The number of phosphoric ester groups is 3. The predicted octanol–water partition coefficient (Wildman–Crippen LogP) is 1.14. The zero-order chi connectivity index (χ0) is 31.5. The van der Waals surface area contributed by atoms with E-state index in [1.807, 2.05) is 0 Å². The Labute approximate surface area is 243 Å². The van der Waals surface area contributed by atoms with Crippen LogP contribution in [0.3, 0.4) is 0 Å². The van der Waals surface area contributed by atoms with Crippen molar-refractivity contribution in [3.63, 3.8) is 0 Å². The molecule has 0 aromatic rings. The number of aliphatic hydroxyl groups is 1. The summed E-state index contributed by atoms with van der Waals surface area (Å²) in [5.41, 5.74) is 0. The largest absolute Gasteiger partial charge is 0.472 e. The van der Waals surface area contributed by atoms with Crippen molar-refractivity contribution in [2.75, 3.05) is 53.7 Å². The highest BCUT2D eigenvalue weighted by Gasteiger charge is 2.35. The van der Waals surface area contributed by atoms with Crippen molar-refractivity contribution in [3.8, 4) is 0 Å². The Hall–Kier alpha value is -0.410. The van der Waals surface area contributed by atoms with Crippen LogP contribution in [-0.4, -0.2) is 97.8 Å². The first-order valence-electron chi connectivity index (χ1n) is 12.6. The molecule has 0 aromatic carbocycles. The smallest absolute Gasteiger partial charge is 0.395 e. The Balaban J connectivity index is 2.31. The molecule has 0 heterocycles. The third-order valence-electron chi connectivity index (χ3n) is 5.29. The van der Waals surface area contributed by atoms with Gasteiger partial charge < -0.3 is 35.3 Å². The van der Waals surface area contributed by atoms with Crippen molar-refractivity contribution in [2.24, 2.45) is 0 Å². The van der Waals surface area contributed by atoms with Crippen molar-refractivity contribution in [1.29, 1.82) is 0 Å². The molecule has 1 aliphatic rings. The molecule has 6 N–H and O–H groups in total. The summed E-state index contributed by atoms with van der Waals surface area (Å²) < 4.78 is 66.3. The Morgan fingerprint density at radius 3 is 1.71 bits per heavy atom. The normalized spacial score (nSPS) is 23.6. The molecule has 0 spiro atoms. The summed E-state index contributed by atoms with van der Waals surface area (Å²) in [5.74, 6) is 0. The summed E-state index contributed by atoms with van der Waals surface area (Å²) in [5, 5.41) is 26.6. The SMILES string of the molecule is C/C=C/OOOOOCCOP(=O)(O)OCC(COP(=O)(O)OC1CCC(OP(=O)(O)OCC(CO)NC)CC1)NC. The van der Waals surface area contributed by atoms with Crippen LogP contribution in [0.25, 0.3) is 0 Å². The minimum Gasteiger partial charge on any atom is -0.395 e. The van der Waals surface area contributed by atoms with Gasteiger partial charge in [0.2, 0.25) is 0 Å². The van der Waals surface area contributed by atoms with E-state index in [4.69, 9.17) is 27.7 Å². The van der Waals surface area contributed by atoms with Crippen LogP contribution in [0.1, 0.15) is 32.6 Å². The van der Waals surface area contributed by atoms with Crippen LogP contribution in [0.2, 0.25) is 0 Å². The number of hydrogen-bond acceptors (Lipinski definition) is 17. The summed E-state index contributed by atoms with van der Waals surface area (Å²) in [6.07, 6.45) is 2.26. The number of hydrogen-bond donors (Lipinski definition) is 6. The molecule has 1 fully saturated rings. The summed E-state index contributed by atoms with van der Waals surface area (Å²) in [7, 11) is -10.4. The molecular weight excluding hydrogens is 637 g/mol. The molecule has 5 unspecified atom stereocenters. The van der Waals surface area contributed by atoms with Gasteiger partial charge >= 0.3 is 23.5 Å². The zero-order valence-electron chi connectivity index (χ0n) is 23.4. The lowest BCUT2D eigenvalue weighted by Gasteiger charge is -2.30. The van der Waals surface area contributed by atoms with Crippen LogP contribution in [0, 0.1) is 0 Å². The number of aliphatic hydroxyl groups excluding tert-OH is 1. The molecule has 250 valence electrons. The minimum atomic E-state index is -4.54. The second kappa shape index (κ2) is 21.3. The van der Waals surface area contributed by atoms with Gasteiger partial charge in [-0.25, -0.2) is 18.6 Å².